The van der Waals surface area contributed by atoms with E-state index in [1.54, 1.807) is 24.5 Å². The van der Waals surface area contributed by atoms with E-state index < -0.39 is 22.9 Å². The Morgan fingerprint density at radius 2 is 2.09 bits per heavy atom. The SMILES string of the molecule is Cc1cc(COC[C@]23CC(=CN)C(=Nc4ccc(F)cc4)C=C2CCN([S+]([O-])c2ccc(N4CC[C@@H](F)C4)nc2)C3)no1. The van der Waals surface area contributed by atoms with E-state index in [-0.39, 0.29) is 12.4 Å². The number of anilines is 1. The lowest BCUT2D eigenvalue weighted by atomic mass is 9.68. The van der Waals surface area contributed by atoms with Crippen LogP contribution in [0.25, 0.3) is 0 Å². The molecule has 2 saturated heterocycles. The number of rotatable bonds is 8. The number of halogens is 2. The molecule has 4 heterocycles. The number of piperidine rings is 1. The average molecular weight is 609 g/mol. The predicted octanol–water partition coefficient (Wildman–Crippen LogP) is 4.94. The molecule has 9 nitrogen and oxygen atoms in total. The molecule has 0 radical (unpaired) electrons. The minimum Gasteiger partial charge on any atom is -0.593 e. The third kappa shape index (κ3) is 6.52. The Balaban J connectivity index is 1.25. The lowest BCUT2D eigenvalue weighted by molar-refractivity contribution is 0.0295. The summed E-state index contributed by atoms with van der Waals surface area (Å²) in [5.74, 6) is 1.07. The molecule has 2 fully saturated rings. The smallest absolute Gasteiger partial charge is 0.192 e. The van der Waals surface area contributed by atoms with Crippen LogP contribution in [0.4, 0.5) is 20.3 Å². The molecule has 0 amide bonds. The minimum atomic E-state index is -1.47. The molecule has 6 rings (SSSR count). The largest absolute Gasteiger partial charge is 0.593 e. The first-order valence-corrected chi connectivity index (χ1v) is 15.4. The van der Waals surface area contributed by atoms with E-state index >= 15 is 0 Å². The topological polar surface area (TPSA) is 116 Å². The Labute approximate surface area is 252 Å². The van der Waals surface area contributed by atoms with Gasteiger partial charge in [0.05, 0.1) is 55.3 Å². The van der Waals surface area contributed by atoms with Crippen molar-refractivity contribution in [3.05, 3.63) is 89.4 Å². The van der Waals surface area contributed by atoms with Crippen LogP contribution in [0, 0.1) is 18.2 Å². The van der Waals surface area contributed by atoms with E-state index in [4.69, 9.17) is 20.0 Å². The second kappa shape index (κ2) is 12.6. The van der Waals surface area contributed by atoms with Crippen molar-refractivity contribution < 1.29 is 22.6 Å². The summed E-state index contributed by atoms with van der Waals surface area (Å²) in [5.41, 5.74) is 9.62. The molecular weight excluding hydrogens is 574 g/mol. The average Bonchev–Trinajstić information content (AvgIpc) is 3.65. The fourth-order valence-corrected chi connectivity index (χ4v) is 7.19. The van der Waals surface area contributed by atoms with Crippen LogP contribution < -0.4 is 10.6 Å². The van der Waals surface area contributed by atoms with Crippen molar-refractivity contribution in [3.63, 3.8) is 0 Å². The number of alkyl halides is 1. The standard InChI is InChI=1S/C31H34F2N6O3S/c1-21-12-27(37-42-21)18-41-20-31-14-22(15-34)29(36-26-4-2-24(32)3-5-26)13-23(31)8-11-39(19-31)43(40)28-6-7-30(35-16-28)38-10-9-25(33)17-38/h2-7,12-13,15-16,25H,8-11,14,17-20,34H2,1H3/t25-,31-,43?/m1/s1. The van der Waals surface area contributed by atoms with Crippen LogP contribution >= 0.6 is 0 Å². The number of nitrogens with zero attached hydrogens (tertiary/aromatic N) is 5. The van der Waals surface area contributed by atoms with Crippen LogP contribution in [0.2, 0.25) is 0 Å². The summed E-state index contributed by atoms with van der Waals surface area (Å²) < 4.78 is 54.4. The van der Waals surface area contributed by atoms with Gasteiger partial charge in [-0.3, -0.25) is 0 Å². The highest BCUT2D eigenvalue weighted by molar-refractivity contribution is 7.89. The van der Waals surface area contributed by atoms with Crippen molar-refractivity contribution in [3.8, 4) is 0 Å². The van der Waals surface area contributed by atoms with Crippen LogP contribution in [-0.2, 0) is 22.7 Å². The van der Waals surface area contributed by atoms with Crippen LogP contribution in [0.5, 0.6) is 0 Å². The summed E-state index contributed by atoms with van der Waals surface area (Å²) in [6, 6.07) is 11.5. The number of aromatic nitrogens is 2. The van der Waals surface area contributed by atoms with Crippen LogP contribution in [-0.4, -0.2) is 63.7 Å². The van der Waals surface area contributed by atoms with Gasteiger partial charge in [0, 0.05) is 30.6 Å². The van der Waals surface area contributed by atoms with Crippen molar-refractivity contribution >= 4 is 28.6 Å². The Morgan fingerprint density at radius 3 is 2.77 bits per heavy atom. The highest BCUT2D eigenvalue weighted by atomic mass is 32.2. The molecule has 1 unspecified atom stereocenters. The van der Waals surface area contributed by atoms with Crippen LogP contribution in [0.1, 0.15) is 30.7 Å². The Kier molecular flexibility index (Phi) is 8.62. The fraction of sp³-hybridized carbons (Fsp3) is 0.387. The molecular formula is C31H34F2N6O3S. The summed E-state index contributed by atoms with van der Waals surface area (Å²) in [6.07, 6.45) is 6.04. The van der Waals surface area contributed by atoms with Crippen molar-refractivity contribution in [1.82, 2.24) is 14.4 Å². The fourth-order valence-electron chi connectivity index (χ4n) is 5.94. The minimum absolute atomic E-state index is 0.273. The van der Waals surface area contributed by atoms with E-state index in [0.29, 0.717) is 79.9 Å². The van der Waals surface area contributed by atoms with E-state index in [2.05, 4.69) is 10.1 Å². The van der Waals surface area contributed by atoms with Gasteiger partial charge < -0.3 is 24.4 Å². The maximum Gasteiger partial charge on any atom is 0.192 e. The van der Waals surface area contributed by atoms with Gasteiger partial charge in [-0.1, -0.05) is 10.7 Å². The number of aliphatic imine (C=N–C) groups is 1. The zero-order valence-corrected chi connectivity index (χ0v) is 24.7. The van der Waals surface area contributed by atoms with E-state index in [1.165, 1.54) is 12.1 Å². The predicted molar refractivity (Wildman–Crippen MR) is 160 cm³/mol. The highest BCUT2D eigenvalue weighted by Crippen LogP contribution is 2.46. The highest BCUT2D eigenvalue weighted by Gasteiger charge is 2.47. The van der Waals surface area contributed by atoms with Crippen LogP contribution in [0.15, 0.2) is 86.5 Å². The molecule has 1 aromatic carbocycles. The maximum atomic E-state index is 13.8. The Bertz CT molecular complexity index is 1530. The van der Waals surface area contributed by atoms with Crippen molar-refractivity contribution in [2.24, 2.45) is 16.1 Å². The maximum absolute atomic E-state index is 13.8. The van der Waals surface area contributed by atoms with Gasteiger partial charge in [-0.05, 0) is 74.4 Å². The quantitative estimate of drug-likeness (QED) is 0.358. The number of hydrogen-bond donors (Lipinski definition) is 1. The van der Waals surface area contributed by atoms with E-state index in [9.17, 15) is 13.3 Å². The summed E-state index contributed by atoms with van der Waals surface area (Å²) in [7, 11) is 0. The molecule has 2 N–H and O–H groups in total. The third-order valence-corrected chi connectivity index (χ3v) is 9.58. The summed E-state index contributed by atoms with van der Waals surface area (Å²) in [5, 5.41) is 4.04. The van der Waals surface area contributed by atoms with Gasteiger partial charge in [0.2, 0.25) is 0 Å². The molecule has 0 saturated carbocycles. The first-order valence-electron chi connectivity index (χ1n) is 14.3. The number of hydrogen-bond acceptors (Lipinski definition) is 9. The number of ether oxygens (including phenoxy) is 1. The number of pyridine rings is 1. The van der Waals surface area contributed by atoms with Gasteiger partial charge in [-0.15, -0.1) is 4.31 Å². The number of fused-ring (bicyclic) bond motifs is 1. The summed E-state index contributed by atoms with van der Waals surface area (Å²) in [4.78, 5) is 11.8. The van der Waals surface area contributed by atoms with Crippen LogP contribution in [0.3, 0.4) is 0 Å². The second-order valence-electron chi connectivity index (χ2n) is 11.3. The van der Waals surface area contributed by atoms with Gasteiger partial charge in [-0.2, -0.15) is 0 Å². The monoisotopic (exact) mass is 608 g/mol. The van der Waals surface area contributed by atoms with Crippen molar-refractivity contribution in [2.45, 2.75) is 43.9 Å². The van der Waals surface area contributed by atoms with Gasteiger partial charge in [0.15, 0.2) is 4.90 Å². The molecule has 3 aromatic rings. The second-order valence-corrected chi connectivity index (χ2v) is 12.7. The Hall–Kier alpha value is -3.58. The molecule has 2 aromatic heterocycles. The number of allylic oxidation sites excluding steroid dienone is 2. The molecule has 43 heavy (non-hydrogen) atoms. The number of benzene rings is 1. The van der Waals surface area contributed by atoms with E-state index in [1.807, 2.05) is 40.4 Å². The van der Waals surface area contributed by atoms with Gasteiger partial charge in [-0.25, -0.2) is 18.8 Å². The Morgan fingerprint density at radius 1 is 1.26 bits per heavy atom. The molecule has 2 aliphatic heterocycles. The molecule has 12 heteroatoms. The summed E-state index contributed by atoms with van der Waals surface area (Å²) >= 11 is -1.47. The van der Waals surface area contributed by atoms with Crippen molar-refractivity contribution in [2.75, 3.05) is 37.7 Å². The zero-order chi connectivity index (χ0) is 30.0. The number of aryl methyl sites for hydroxylation is 1. The zero-order valence-electron chi connectivity index (χ0n) is 23.9. The normalized spacial score (nSPS) is 25.3. The molecule has 3 aliphatic rings. The first-order chi connectivity index (χ1) is 20.8. The molecule has 0 spiro atoms. The van der Waals surface area contributed by atoms with Crippen molar-refractivity contribution in [1.29, 1.82) is 0 Å². The molecule has 1 aliphatic carbocycles. The lowest BCUT2D eigenvalue weighted by Crippen LogP contribution is -2.51. The summed E-state index contributed by atoms with van der Waals surface area (Å²) in [6.45, 7) is 4.42. The van der Waals surface area contributed by atoms with Gasteiger partial charge >= 0.3 is 0 Å². The van der Waals surface area contributed by atoms with Gasteiger partial charge in [0.1, 0.15) is 29.3 Å². The molecule has 0 bridgehead atoms. The number of nitrogens with two attached hydrogens (primary N) is 1. The van der Waals surface area contributed by atoms with Gasteiger partial charge in [0.25, 0.3) is 0 Å². The lowest BCUT2D eigenvalue weighted by Gasteiger charge is -2.46. The molecule has 226 valence electrons. The molecule has 3 atom stereocenters. The van der Waals surface area contributed by atoms with E-state index in [0.717, 1.165) is 16.9 Å². The third-order valence-electron chi connectivity index (χ3n) is 8.15. The first kappa shape index (κ1) is 29.5.